The van der Waals surface area contributed by atoms with Gasteiger partial charge in [0.15, 0.2) is 0 Å². The standard InChI is InChI=1S/C15H13BrCl2O2/c1-19-13-6-4-10(17)8-11(13)15(18)9-3-5-14(20-2)12(16)7-9/h3-8,15H,1-2H3. The molecule has 0 amide bonds. The summed E-state index contributed by atoms with van der Waals surface area (Å²) in [5.74, 6) is 1.47. The van der Waals surface area contributed by atoms with E-state index in [9.17, 15) is 0 Å². The summed E-state index contributed by atoms with van der Waals surface area (Å²) in [6.45, 7) is 0. The van der Waals surface area contributed by atoms with Crippen molar-refractivity contribution in [2.75, 3.05) is 14.2 Å². The maximum atomic E-state index is 6.55. The molecule has 5 heteroatoms. The molecular formula is C15H13BrCl2O2. The zero-order chi connectivity index (χ0) is 14.7. The highest BCUT2D eigenvalue weighted by molar-refractivity contribution is 9.10. The number of ether oxygens (including phenoxy) is 2. The topological polar surface area (TPSA) is 18.5 Å². The Morgan fingerprint density at radius 3 is 2.25 bits per heavy atom. The fraction of sp³-hybridized carbons (Fsp3) is 0.200. The largest absolute Gasteiger partial charge is 0.496 e. The molecule has 1 unspecified atom stereocenters. The third kappa shape index (κ3) is 3.22. The van der Waals surface area contributed by atoms with Crippen molar-refractivity contribution in [2.24, 2.45) is 0 Å². The average Bonchev–Trinajstić information content (AvgIpc) is 2.46. The monoisotopic (exact) mass is 374 g/mol. The van der Waals surface area contributed by atoms with Crippen LogP contribution in [0, 0.1) is 0 Å². The van der Waals surface area contributed by atoms with Crippen LogP contribution in [0.4, 0.5) is 0 Å². The van der Waals surface area contributed by atoms with E-state index in [1.165, 1.54) is 0 Å². The van der Waals surface area contributed by atoms with Gasteiger partial charge in [0, 0.05) is 10.6 Å². The predicted molar refractivity (Wildman–Crippen MR) is 86.4 cm³/mol. The van der Waals surface area contributed by atoms with Crippen LogP contribution in [0.1, 0.15) is 16.5 Å². The van der Waals surface area contributed by atoms with Gasteiger partial charge in [-0.05, 0) is 51.8 Å². The first-order chi connectivity index (χ1) is 9.56. The molecule has 2 nitrogen and oxygen atoms in total. The van der Waals surface area contributed by atoms with Crippen LogP contribution in [0.3, 0.4) is 0 Å². The zero-order valence-electron chi connectivity index (χ0n) is 11.0. The van der Waals surface area contributed by atoms with Gasteiger partial charge in [0.05, 0.1) is 24.1 Å². The number of alkyl halides is 1. The molecule has 0 spiro atoms. The lowest BCUT2D eigenvalue weighted by Gasteiger charge is -2.16. The minimum Gasteiger partial charge on any atom is -0.496 e. The van der Waals surface area contributed by atoms with Crippen molar-refractivity contribution in [3.8, 4) is 11.5 Å². The molecule has 20 heavy (non-hydrogen) atoms. The van der Waals surface area contributed by atoms with Gasteiger partial charge in [0.25, 0.3) is 0 Å². The van der Waals surface area contributed by atoms with Gasteiger partial charge in [-0.25, -0.2) is 0 Å². The average molecular weight is 376 g/mol. The van der Waals surface area contributed by atoms with Crippen LogP contribution < -0.4 is 9.47 Å². The summed E-state index contributed by atoms with van der Waals surface area (Å²) < 4.78 is 11.4. The molecule has 2 aromatic rings. The predicted octanol–water partition coefficient (Wildman–Crippen LogP) is 5.45. The Morgan fingerprint density at radius 1 is 1.00 bits per heavy atom. The summed E-state index contributed by atoms with van der Waals surface area (Å²) in [4.78, 5) is 0. The van der Waals surface area contributed by atoms with Crippen molar-refractivity contribution in [3.05, 3.63) is 57.0 Å². The molecule has 0 radical (unpaired) electrons. The SMILES string of the molecule is COc1ccc(C(Cl)c2cc(Cl)ccc2OC)cc1Br. The van der Waals surface area contributed by atoms with Gasteiger partial charge in [-0.15, -0.1) is 11.6 Å². The normalized spacial score (nSPS) is 12.1. The highest BCUT2D eigenvalue weighted by atomic mass is 79.9. The van der Waals surface area contributed by atoms with Crippen LogP contribution >= 0.6 is 39.1 Å². The summed E-state index contributed by atoms with van der Waals surface area (Å²) in [7, 11) is 3.23. The zero-order valence-corrected chi connectivity index (χ0v) is 14.1. The van der Waals surface area contributed by atoms with Gasteiger partial charge in [-0.3, -0.25) is 0 Å². The Kier molecular flexibility index (Phi) is 5.19. The third-order valence-electron chi connectivity index (χ3n) is 2.93. The van der Waals surface area contributed by atoms with E-state index in [4.69, 9.17) is 32.7 Å². The lowest BCUT2D eigenvalue weighted by molar-refractivity contribution is 0.409. The van der Waals surface area contributed by atoms with E-state index in [-0.39, 0.29) is 5.38 Å². The molecule has 106 valence electrons. The number of rotatable bonds is 4. The van der Waals surface area contributed by atoms with Crippen molar-refractivity contribution in [2.45, 2.75) is 5.38 Å². The Morgan fingerprint density at radius 2 is 1.65 bits per heavy atom. The summed E-state index contributed by atoms with van der Waals surface area (Å²) in [6.07, 6.45) is 0. The van der Waals surface area contributed by atoms with Crippen molar-refractivity contribution in [3.63, 3.8) is 0 Å². The number of methoxy groups -OCH3 is 2. The Balaban J connectivity index is 2.43. The molecule has 0 aliphatic heterocycles. The van der Waals surface area contributed by atoms with Gasteiger partial charge < -0.3 is 9.47 Å². The van der Waals surface area contributed by atoms with E-state index < -0.39 is 0 Å². The second-order valence-corrected chi connectivity index (χ2v) is 5.87. The van der Waals surface area contributed by atoms with Crippen LogP contribution in [0.15, 0.2) is 40.9 Å². The van der Waals surface area contributed by atoms with E-state index in [0.29, 0.717) is 10.8 Å². The molecule has 0 fully saturated rings. The van der Waals surface area contributed by atoms with E-state index in [2.05, 4.69) is 15.9 Å². The smallest absolute Gasteiger partial charge is 0.133 e. The minimum atomic E-state index is -0.356. The third-order valence-corrected chi connectivity index (χ3v) is 4.28. The fourth-order valence-electron chi connectivity index (χ4n) is 1.92. The van der Waals surface area contributed by atoms with E-state index >= 15 is 0 Å². The lowest BCUT2D eigenvalue weighted by atomic mass is 10.0. The van der Waals surface area contributed by atoms with Gasteiger partial charge in [0.1, 0.15) is 11.5 Å². The second kappa shape index (κ2) is 6.70. The first-order valence-corrected chi connectivity index (χ1v) is 7.48. The summed E-state index contributed by atoms with van der Waals surface area (Å²) in [5.41, 5.74) is 1.76. The lowest BCUT2D eigenvalue weighted by Crippen LogP contribution is -1.98. The molecule has 0 aliphatic rings. The molecule has 1 atom stereocenters. The van der Waals surface area contributed by atoms with Crippen LogP contribution in [0.25, 0.3) is 0 Å². The quantitative estimate of drug-likeness (QED) is 0.661. The molecule has 2 aromatic carbocycles. The van der Waals surface area contributed by atoms with E-state index in [1.54, 1.807) is 20.3 Å². The molecule has 0 aliphatic carbocycles. The number of benzene rings is 2. The first kappa shape index (κ1) is 15.5. The fourth-order valence-corrected chi connectivity index (χ4v) is 2.97. The summed E-state index contributed by atoms with van der Waals surface area (Å²) in [5, 5.41) is 0.268. The van der Waals surface area contributed by atoms with Gasteiger partial charge in [-0.2, -0.15) is 0 Å². The van der Waals surface area contributed by atoms with E-state index in [0.717, 1.165) is 21.3 Å². The van der Waals surface area contributed by atoms with Gasteiger partial charge in [-0.1, -0.05) is 17.7 Å². The van der Waals surface area contributed by atoms with Crippen LogP contribution in [-0.2, 0) is 0 Å². The van der Waals surface area contributed by atoms with Crippen LogP contribution in [0.2, 0.25) is 5.02 Å². The minimum absolute atomic E-state index is 0.356. The van der Waals surface area contributed by atoms with Crippen molar-refractivity contribution in [1.29, 1.82) is 0 Å². The highest BCUT2D eigenvalue weighted by Gasteiger charge is 2.17. The van der Waals surface area contributed by atoms with Crippen LogP contribution in [-0.4, -0.2) is 14.2 Å². The Bertz CT molecular complexity index is 617. The number of halogens is 3. The molecule has 0 saturated carbocycles. The van der Waals surface area contributed by atoms with E-state index in [1.807, 2.05) is 30.3 Å². The molecule has 0 saturated heterocycles. The van der Waals surface area contributed by atoms with Gasteiger partial charge >= 0.3 is 0 Å². The Hall–Kier alpha value is -0.900. The highest BCUT2D eigenvalue weighted by Crippen LogP contribution is 2.38. The number of hydrogen-bond donors (Lipinski definition) is 0. The Labute approximate surface area is 136 Å². The molecule has 0 bridgehead atoms. The molecular weight excluding hydrogens is 363 g/mol. The van der Waals surface area contributed by atoms with Crippen molar-refractivity contribution < 1.29 is 9.47 Å². The maximum absolute atomic E-state index is 6.55. The molecule has 0 aromatic heterocycles. The van der Waals surface area contributed by atoms with Crippen LogP contribution in [0.5, 0.6) is 11.5 Å². The summed E-state index contributed by atoms with van der Waals surface area (Å²) >= 11 is 16.1. The number of hydrogen-bond acceptors (Lipinski definition) is 2. The van der Waals surface area contributed by atoms with Crippen molar-refractivity contribution in [1.82, 2.24) is 0 Å². The molecule has 0 N–H and O–H groups in total. The second-order valence-electron chi connectivity index (χ2n) is 4.14. The molecule has 0 heterocycles. The van der Waals surface area contributed by atoms with Crippen molar-refractivity contribution >= 4 is 39.1 Å². The molecule has 2 rings (SSSR count). The van der Waals surface area contributed by atoms with Gasteiger partial charge in [0.2, 0.25) is 0 Å². The maximum Gasteiger partial charge on any atom is 0.133 e. The first-order valence-electron chi connectivity index (χ1n) is 5.87. The summed E-state index contributed by atoms with van der Waals surface area (Å²) in [6, 6.07) is 11.1.